The number of benzene rings is 2. The summed E-state index contributed by atoms with van der Waals surface area (Å²) in [4.78, 5) is 57.0. The van der Waals surface area contributed by atoms with Gasteiger partial charge in [-0.2, -0.15) is 0 Å². The number of carboxylic acid groups (broad SMARTS) is 1. The van der Waals surface area contributed by atoms with Crippen molar-refractivity contribution in [3.63, 3.8) is 0 Å². The second-order valence-electron chi connectivity index (χ2n) is 15.8. The first kappa shape index (κ1) is 39.5. The van der Waals surface area contributed by atoms with Crippen LogP contribution < -0.4 is 20.1 Å². The Bertz CT molecular complexity index is 2740. The number of ether oxygens (including phenoxy) is 2. The second-order valence-corrected chi connectivity index (χ2v) is 17.9. The molecule has 60 heavy (non-hydrogen) atoms. The van der Waals surface area contributed by atoms with Crippen molar-refractivity contribution in [2.45, 2.75) is 71.5 Å². The normalized spacial score (nSPS) is 17.1. The van der Waals surface area contributed by atoms with Gasteiger partial charge in [-0.3, -0.25) is 19.6 Å². The quantitative estimate of drug-likeness (QED) is 0.129. The van der Waals surface area contributed by atoms with Gasteiger partial charge in [-0.25, -0.2) is 19.9 Å². The fraction of sp³-hybridized carbons (Fsp3) is 0.364. The Morgan fingerprint density at radius 1 is 0.750 bits per heavy atom. The Hall–Kier alpha value is -6.00. The number of aliphatic carboxylic acids is 1. The molecular weight excluding hydrogens is 799 g/mol. The molecule has 308 valence electrons. The highest BCUT2D eigenvalue weighted by Crippen LogP contribution is 2.44. The van der Waals surface area contributed by atoms with Gasteiger partial charge in [-0.1, -0.05) is 0 Å². The van der Waals surface area contributed by atoms with Gasteiger partial charge < -0.3 is 30.1 Å². The summed E-state index contributed by atoms with van der Waals surface area (Å²) in [5.74, 6) is 2.24. The summed E-state index contributed by atoms with van der Waals surface area (Å²) >= 11 is 3.25. The van der Waals surface area contributed by atoms with Crippen molar-refractivity contribution in [1.29, 1.82) is 0 Å². The fourth-order valence-corrected chi connectivity index (χ4v) is 11.0. The summed E-state index contributed by atoms with van der Waals surface area (Å²) in [7, 11) is 5.22. The zero-order valence-electron chi connectivity index (χ0n) is 34.0. The van der Waals surface area contributed by atoms with E-state index in [1.807, 2.05) is 42.6 Å². The predicted molar refractivity (Wildman–Crippen MR) is 237 cm³/mol. The zero-order chi connectivity index (χ0) is 41.7. The summed E-state index contributed by atoms with van der Waals surface area (Å²) in [6, 6.07) is 8.34. The number of nitrogens with zero attached hydrogens (tertiary/aromatic N) is 7. The molecule has 16 heteroatoms. The standard InChI is InChI=1S/C24H27N5O2S.C20H18N4O3S/c1-13(2)29(3)24(30)14-5-6-17-20(9-14)32-23-21(17)22(26-12-27-23)28-18-7-15-10-25-11-16(15)8-19(18)31-4;1-27-15-5-12-8-21-7-11(12)4-14(15)24-18-17-13-3-2-10(20(25)26)6-16(13)28-19(17)23-9-22-18/h7-8,10,12-14H,5-6,9,11H2,1-4H3,(H,26,27,28);4-5,7,9-10H,2-3,6,8H2,1H3,(H,25,26)(H,22,23,24). The minimum absolute atomic E-state index is 0.0309. The molecule has 0 saturated carbocycles. The number of carbonyl (C=O) groups excluding carboxylic acids is 1. The molecule has 2 aromatic carbocycles. The number of methoxy groups -OCH3 is 2. The number of aryl methyl sites for hydroxylation is 2. The first-order chi connectivity index (χ1) is 29.1. The number of hydrogen-bond acceptors (Lipinski definition) is 14. The van der Waals surface area contributed by atoms with Gasteiger partial charge in [-0.15, -0.1) is 22.7 Å². The monoisotopic (exact) mass is 843 g/mol. The van der Waals surface area contributed by atoms with E-state index in [-0.39, 0.29) is 23.8 Å². The molecule has 2 unspecified atom stereocenters. The zero-order valence-corrected chi connectivity index (χ0v) is 35.7. The van der Waals surface area contributed by atoms with Crippen LogP contribution in [0.25, 0.3) is 20.4 Å². The Labute approximate surface area is 354 Å². The summed E-state index contributed by atoms with van der Waals surface area (Å²) in [6.45, 7) is 5.47. The number of anilines is 4. The summed E-state index contributed by atoms with van der Waals surface area (Å²) < 4.78 is 11.2. The van der Waals surface area contributed by atoms with Crippen LogP contribution >= 0.6 is 22.7 Å². The number of carboxylic acids is 1. The SMILES string of the molecule is COc1cc2c(cc1Nc1ncnc3sc4c(c13)CCC(C(=O)N(C)C(C)C)C4)C=NC2.COc1cc2c(cc1Nc1ncnc3sc4c(c13)CCC(C(=O)O)C4)C=NC2. The van der Waals surface area contributed by atoms with E-state index in [9.17, 15) is 14.7 Å². The van der Waals surface area contributed by atoms with Crippen molar-refractivity contribution in [2.75, 3.05) is 31.9 Å². The van der Waals surface area contributed by atoms with Gasteiger partial charge in [0.05, 0.1) is 55.4 Å². The third-order valence-corrected chi connectivity index (χ3v) is 14.2. The number of hydrogen-bond donors (Lipinski definition) is 3. The smallest absolute Gasteiger partial charge is 0.306 e. The van der Waals surface area contributed by atoms with E-state index >= 15 is 0 Å². The number of nitrogens with one attached hydrogen (secondary N) is 2. The molecule has 0 radical (unpaired) electrons. The van der Waals surface area contributed by atoms with Crippen LogP contribution in [0.2, 0.25) is 0 Å². The van der Waals surface area contributed by atoms with Gasteiger partial charge in [0, 0.05) is 41.2 Å². The van der Waals surface area contributed by atoms with Crippen LogP contribution in [-0.2, 0) is 48.4 Å². The minimum atomic E-state index is -0.725. The maximum Gasteiger partial charge on any atom is 0.306 e. The van der Waals surface area contributed by atoms with Crippen LogP contribution in [0.3, 0.4) is 0 Å². The maximum atomic E-state index is 12.9. The lowest BCUT2D eigenvalue weighted by atomic mass is 9.86. The summed E-state index contributed by atoms with van der Waals surface area (Å²) in [6.07, 6.45) is 11.3. The maximum absolute atomic E-state index is 12.9. The average Bonchev–Trinajstić information content (AvgIpc) is 4.07. The highest BCUT2D eigenvalue weighted by Gasteiger charge is 2.32. The Morgan fingerprint density at radius 2 is 1.23 bits per heavy atom. The minimum Gasteiger partial charge on any atom is -0.495 e. The lowest BCUT2D eigenvalue weighted by Gasteiger charge is -2.29. The van der Waals surface area contributed by atoms with E-state index in [0.29, 0.717) is 25.9 Å². The van der Waals surface area contributed by atoms with Crippen molar-refractivity contribution < 1.29 is 24.2 Å². The molecule has 4 aromatic heterocycles. The Kier molecular flexibility index (Phi) is 10.7. The van der Waals surface area contributed by atoms with Crippen LogP contribution in [-0.4, -0.2) is 81.6 Å². The first-order valence-electron chi connectivity index (χ1n) is 20.1. The molecule has 0 spiro atoms. The number of thiophene rings is 2. The number of aliphatic imine (C=N–C) groups is 2. The molecule has 10 rings (SSSR count). The molecule has 1 amide bonds. The molecule has 0 saturated heterocycles. The largest absolute Gasteiger partial charge is 0.495 e. The van der Waals surface area contributed by atoms with Gasteiger partial charge in [0.1, 0.15) is 45.5 Å². The van der Waals surface area contributed by atoms with Crippen molar-refractivity contribution in [1.82, 2.24) is 24.8 Å². The van der Waals surface area contributed by atoms with Gasteiger partial charge in [0.25, 0.3) is 0 Å². The van der Waals surface area contributed by atoms with Gasteiger partial charge in [0.2, 0.25) is 5.91 Å². The van der Waals surface area contributed by atoms with E-state index in [1.54, 1.807) is 49.5 Å². The average molecular weight is 844 g/mol. The number of aromatic nitrogens is 4. The molecule has 0 bridgehead atoms. The molecular formula is C44H45N9O5S2. The molecule has 6 heterocycles. The van der Waals surface area contributed by atoms with E-state index in [0.717, 1.165) is 108 Å². The molecule has 2 aliphatic carbocycles. The fourth-order valence-electron chi connectivity index (χ4n) is 8.44. The molecule has 0 fully saturated rings. The summed E-state index contributed by atoms with van der Waals surface area (Å²) in [5.41, 5.74) is 8.61. The van der Waals surface area contributed by atoms with Crippen molar-refractivity contribution in [2.24, 2.45) is 21.8 Å². The van der Waals surface area contributed by atoms with Gasteiger partial charge in [-0.05, 0) is 110 Å². The van der Waals surface area contributed by atoms with Crippen LogP contribution in [0.1, 0.15) is 69.8 Å². The van der Waals surface area contributed by atoms with E-state index in [2.05, 4.69) is 60.5 Å². The summed E-state index contributed by atoms with van der Waals surface area (Å²) in [5, 5.41) is 18.3. The highest BCUT2D eigenvalue weighted by molar-refractivity contribution is 7.19. The molecule has 4 aliphatic rings. The van der Waals surface area contributed by atoms with Crippen molar-refractivity contribution >= 4 is 90.4 Å². The lowest BCUT2D eigenvalue weighted by molar-refractivity contribution is -0.142. The van der Waals surface area contributed by atoms with E-state index in [4.69, 9.17) is 9.47 Å². The topological polar surface area (TPSA) is 176 Å². The molecule has 3 N–H and O–H groups in total. The van der Waals surface area contributed by atoms with E-state index in [1.165, 1.54) is 16.0 Å². The van der Waals surface area contributed by atoms with Gasteiger partial charge >= 0.3 is 5.97 Å². The molecule has 14 nitrogen and oxygen atoms in total. The Morgan fingerprint density at radius 3 is 1.70 bits per heavy atom. The van der Waals surface area contributed by atoms with Crippen LogP contribution in [0, 0.1) is 11.8 Å². The van der Waals surface area contributed by atoms with Crippen molar-refractivity contribution in [3.8, 4) is 11.5 Å². The van der Waals surface area contributed by atoms with Crippen LogP contribution in [0.5, 0.6) is 11.5 Å². The second kappa shape index (κ2) is 16.2. The van der Waals surface area contributed by atoms with E-state index < -0.39 is 5.97 Å². The third kappa shape index (κ3) is 7.31. The molecule has 2 atom stereocenters. The van der Waals surface area contributed by atoms with Crippen molar-refractivity contribution in [3.05, 3.63) is 80.1 Å². The molecule has 6 aromatic rings. The van der Waals surface area contributed by atoms with Gasteiger partial charge in [0.15, 0.2) is 0 Å². The van der Waals surface area contributed by atoms with Crippen LogP contribution in [0.15, 0.2) is 46.9 Å². The highest BCUT2D eigenvalue weighted by atomic mass is 32.1. The first-order valence-corrected chi connectivity index (χ1v) is 21.7. The number of amides is 1. The number of carbonyl (C=O) groups is 2. The predicted octanol–water partition coefficient (Wildman–Crippen LogP) is 7.91. The van der Waals surface area contributed by atoms with Crippen LogP contribution in [0.4, 0.5) is 23.0 Å². The Balaban J connectivity index is 0.000000155. The third-order valence-electron chi connectivity index (χ3n) is 11.9. The number of fused-ring (bicyclic) bond motifs is 8. The number of rotatable bonds is 9. The lowest BCUT2D eigenvalue weighted by Crippen LogP contribution is -2.39. The molecule has 2 aliphatic heterocycles.